The zero-order valence-electron chi connectivity index (χ0n) is 11.8. The van der Waals surface area contributed by atoms with Crippen LogP contribution in [0.5, 0.6) is 0 Å². The second-order valence-corrected chi connectivity index (χ2v) is 5.05. The Morgan fingerprint density at radius 3 is 2.95 bits per heavy atom. The van der Waals surface area contributed by atoms with Gasteiger partial charge in [-0.2, -0.15) is 0 Å². The molecule has 0 radical (unpaired) electrons. The molecule has 1 unspecified atom stereocenters. The highest BCUT2D eigenvalue weighted by Crippen LogP contribution is 2.18. The second-order valence-electron chi connectivity index (χ2n) is 5.05. The summed E-state index contributed by atoms with van der Waals surface area (Å²) < 4.78 is 5.23. The van der Waals surface area contributed by atoms with Crippen molar-refractivity contribution in [3.63, 3.8) is 0 Å². The van der Waals surface area contributed by atoms with Gasteiger partial charge in [0.1, 0.15) is 12.1 Å². The number of hydrogen-bond donors (Lipinski definition) is 3. The van der Waals surface area contributed by atoms with Crippen LogP contribution in [-0.4, -0.2) is 20.9 Å². The van der Waals surface area contributed by atoms with E-state index in [1.807, 2.05) is 13.8 Å². The summed E-state index contributed by atoms with van der Waals surface area (Å²) in [5, 5.41) is 2.49. The monoisotopic (exact) mass is 291 g/mol. The number of anilines is 1. The van der Waals surface area contributed by atoms with Gasteiger partial charge in [0.2, 0.25) is 5.89 Å². The van der Waals surface area contributed by atoms with Crippen molar-refractivity contribution in [2.45, 2.75) is 26.3 Å². The van der Waals surface area contributed by atoms with E-state index in [1.54, 1.807) is 0 Å². The highest BCUT2D eigenvalue weighted by Gasteiger charge is 2.18. The van der Waals surface area contributed by atoms with E-state index in [0.29, 0.717) is 18.2 Å². The predicted octanol–water partition coefficient (Wildman–Crippen LogP) is 1.06. The van der Waals surface area contributed by atoms with Crippen molar-refractivity contribution in [3.05, 3.63) is 40.6 Å². The number of nitrogens with two attached hydrogens (primary N) is 1. The molecule has 21 heavy (non-hydrogen) atoms. The van der Waals surface area contributed by atoms with Crippen LogP contribution in [0.4, 0.5) is 5.82 Å². The molecule has 2 aromatic heterocycles. The normalized spacial score (nSPS) is 12.4. The van der Waals surface area contributed by atoms with E-state index in [-0.39, 0.29) is 17.6 Å². The van der Waals surface area contributed by atoms with E-state index in [1.165, 1.54) is 18.5 Å². The number of oxazole rings is 1. The molecule has 0 spiro atoms. The zero-order valence-corrected chi connectivity index (χ0v) is 11.8. The van der Waals surface area contributed by atoms with E-state index in [9.17, 15) is 9.59 Å². The Hall–Kier alpha value is -2.48. The third-order valence-corrected chi connectivity index (χ3v) is 2.72. The molecule has 0 aliphatic heterocycles. The van der Waals surface area contributed by atoms with Crippen LogP contribution in [0.15, 0.2) is 27.7 Å². The van der Waals surface area contributed by atoms with Gasteiger partial charge in [-0.1, -0.05) is 13.8 Å². The van der Waals surface area contributed by atoms with Crippen molar-refractivity contribution in [1.29, 1.82) is 0 Å². The summed E-state index contributed by atoms with van der Waals surface area (Å²) in [5.41, 5.74) is 5.49. The number of aromatic nitrogens is 3. The van der Waals surface area contributed by atoms with Gasteiger partial charge in [-0.3, -0.25) is 9.78 Å². The van der Waals surface area contributed by atoms with Gasteiger partial charge in [0.15, 0.2) is 5.69 Å². The maximum Gasteiger partial charge on any atom is 0.346 e. The predicted molar refractivity (Wildman–Crippen MR) is 75.7 cm³/mol. The number of nitrogens with one attached hydrogen (secondary N) is 2. The van der Waals surface area contributed by atoms with Crippen LogP contribution in [0, 0.1) is 5.92 Å². The number of hydrogen-bond acceptors (Lipinski definition) is 6. The van der Waals surface area contributed by atoms with E-state index in [4.69, 9.17) is 10.2 Å². The number of aromatic amines is 1. The van der Waals surface area contributed by atoms with Gasteiger partial charge < -0.3 is 15.5 Å². The first-order chi connectivity index (χ1) is 9.95. The van der Waals surface area contributed by atoms with E-state index in [2.05, 4.69) is 20.3 Å². The van der Waals surface area contributed by atoms with Crippen LogP contribution >= 0.6 is 0 Å². The van der Waals surface area contributed by atoms with Crippen molar-refractivity contribution in [3.8, 4) is 0 Å². The van der Waals surface area contributed by atoms with Crippen LogP contribution in [0.3, 0.4) is 0 Å². The summed E-state index contributed by atoms with van der Waals surface area (Å²) in [6.07, 6.45) is 3.24. The lowest BCUT2D eigenvalue weighted by molar-refractivity contribution is 0.102. The summed E-state index contributed by atoms with van der Waals surface area (Å²) in [5.74, 6) is 0.447. The lowest BCUT2D eigenvalue weighted by Gasteiger charge is -2.09. The highest BCUT2D eigenvalue weighted by atomic mass is 16.3. The third kappa shape index (κ3) is 3.99. The molecule has 0 saturated carbocycles. The molecule has 4 N–H and O–H groups in total. The fourth-order valence-corrected chi connectivity index (χ4v) is 1.80. The first-order valence-corrected chi connectivity index (χ1v) is 6.53. The van der Waals surface area contributed by atoms with Crippen molar-refractivity contribution in [2.24, 2.45) is 11.7 Å². The van der Waals surface area contributed by atoms with Gasteiger partial charge in [0.25, 0.3) is 5.91 Å². The summed E-state index contributed by atoms with van der Waals surface area (Å²) in [6.45, 7) is 4.08. The lowest BCUT2D eigenvalue weighted by atomic mass is 10.0. The Morgan fingerprint density at radius 2 is 2.29 bits per heavy atom. The average molecular weight is 291 g/mol. The van der Waals surface area contributed by atoms with Crippen molar-refractivity contribution >= 4 is 11.7 Å². The number of carbonyl (C=O) groups is 1. The molecule has 0 bridgehead atoms. The molecule has 0 fully saturated rings. The fraction of sp³-hybridized carbons (Fsp3) is 0.385. The van der Waals surface area contributed by atoms with Gasteiger partial charge in [0.05, 0.1) is 6.04 Å². The first-order valence-electron chi connectivity index (χ1n) is 6.53. The van der Waals surface area contributed by atoms with E-state index in [0.717, 1.165) is 0 Å². The SMILES string of the molecule is CC(C)CC(N)c1nc(C(=O)Nc2ccnc(=O)[nH]2)co1. The molecular weight excluding hydrogens is 274 g/mol. The molecule has 0 saturated heterocycles. The summed E-state index contributed by atoms with van der Waals surface area (Å²) >= 11 is 0. The number of carbonyl (C=O) groups excluding carboxylic acids is 1. The number of rotatable bonds is 5. The number of nitrogens with zero attached hydrogens (tertiary/aromatic N) is 2. The molecule has 1 amide bonds. The first kappa shape index (κ1) is 14.9. The minimum atomic E-state index is -0.549. The largest absolute Gasteiger partial charge is 0.446 e. The van der Waals surface area contributed by atoms with Gasteiger partial charge in [-0.15, -0.1) is 0 Å². The minimum absolute atomic E-state index is 0.0990. The van der Waals surface area contributed by atoms with E-state index < -0.39 is 11.6 Å². The minimum Gasteiger partial charge on any atom is -0.446 e. The van der Waals surface area contributed by atoms with Gasteiger partial charge in [-0.25, -0.2) is 14.8 Å². The second kappa shape index (κ2) is 6.31. The van der Waals surface area contributed by atoms with Crippen molar-refractivity contribution in [2.75, 3.05) is 5.32 Å². The molecule has 0 aliphatic rings. The average Bonchev–Trinajstić information content (AvgIpc) is 2.87. The summed E-state index contributed by atoms with van der Waals surface area (Å²) in [4.78, 5) is 32.9. The summed E-state index contributed by atoms with van der Waals surface area (Å²) in [7, 11) is 0. The third-order valence-electron chi connectivity index (χ3n) is 2.72. The van der Waals surface area contributed by atoms with Gasteiger partial charge in [-0.05, 0) is 18.4 Å². The van der Waals surface area contributed by atoms with Crippen molar-refractivity contribution in [1.82, 2.24) is 15.0 Å². The molecule has 112 valence electrons. The zero-order chi connectivity index (χ0) is 15.4. The van der Waals surface area contributed by atoms with Crippen LogP contribution in [-0.2, 0) is 0 Å². The molecule has 8 nitrogen and oxygen atoms in total. The molecule has 8 heteroatoms. The standard InChI is InChI=1S/C13H17N5O3/c1-7(2)5-8(14)12-16-9(6-21-12)11(19)17-10-3-4-15-13(20)18-10/h3-4,6-8H,5,14H2,1-2H3,(H2,15,17,18,19,20). The molecule has 2 rings (SSSR count). The maximum absolute atomic E-state index is 12.0. The molecule has 2 aromatic rings. The van der Waals surface area contributed by atoms with Gasteiger partial charge >= 0.3 is 5.69 Å². The van der Waals surface area contributed by atoms with Gasteiger partial charge in [0, 0.05) is 6.20 Å². The van der Waals surface area contributed by atoms with Crippen LogP contribution in [0.1, 0.15) is 42.7 Å². The van der Waals surface area contributed by atoms with Crippen LogP contribution in [0.25, 0.3) is 0 Å². The fourth-order valence-electron chi connectivity index (χ4n) is 1.80. The molecule has 0 aliphatic carbocycles. The molecule has 2 heterocycles. The highest BCUT2D eigenvalue weighted by molar-refractivity contribution is 6.02. The Labute approximate surface area is 120 Å². The Morgan fingerprint density at radius 1 is 1.52 bits per heavy atom. The lowest BCUT2D eigenvalue weighted by Crippen LogP contribution is -2.18. The maximum atomic E-state index is 12.0. The molecule has 1 atom stereocenters. The Balaban J connectivity index is 2.07. The Kier molecular flexibility index (Phi) is 4.49. The number of H-pyrrole nitrogens is 1. The van der Waals surface area contributed by atoms with E-state index >= 15 is 0 Å². The number of amides is 1. The molecular formula is C13H17N5O3. The molecule has 0 aromatic carbocycles. The van der Waals surface area contributed by atoms with Crippen LogP contribution in [0.2, 0.25) is 0 Å². The van der Waals surface area contributed by atoms with Crippen molar-refractivity contribution < 1.29 is 9.21 Å². The topological polar surface area (TPSA) is 127 Å². The quantitative estimate of drug-likeness (QED) is 0.755. The Bertz CT molecular complexity index is 676. The smallest absolute Gasteiger partial charge is 0.346 e. The summed E-state index contributed by atoms with van der Waals surface area (Å²) in [6, 6.07) is 1.11. The van der Waals surface area contributed by atoms with Crippen LogP contribution < -0.4 is 16.7 Å².